The van der Waals surface area contributed by atoms with Gasteiger partial charge in [-0.3, -0.25) is 4.79 Å². The van der Waals surface area contributed by atoms with Crippen LogP contribution in [0.1, 0.15) is 27.5 Å². The zero-order chi connectivity index (χ0) is 20.8. The van der Waals surface area contributed by atoms with Crippen molar-refractivity contribution < 1.29 is 9.53 Å². The Labute approximate surface area is 180 Å². The number of carbonyl (C=O) groups excluding carboxylic acids is 1. The van der Waals surface area contributed by atoms with Gasteiger partial charge in [0.25, 0.3) is 5.91 Å². The number of amides is 1. The van der Waals surface area contributed by atoms with Crippen molar-refractivity contribution in [3.05, 3.63) is 82.3 Å². The molecule has 0 saturated heterocycles. The second kappa shape index (κ2) is 9.59. The van der Waals surface area contributed by atoms with Gasteiger partial charge in [0.15, 0.2) is 0 Å². The first-order chi connectivity index (χ1) is 14.7. The van der Waals surface area contributed by atoms with Gasteiger partial charge in [-0.2, -0.15) is 0 Å². The number of aromatic nitrogens is 2. The van der Waals surface area contributed by atoms with Crippen LogP contribution in [0.25, 0.3) is 11.0 Å². The molecule has 0 aliphatic rings. The Bertz CT molecular complexity index is 1120. The number of benzene rings is 2. The third-order valence-electron chi connectivity index (χ3n) is 4.90. The second-order valence-electron chi connectivity index (χ2n) is 7.17. The van der Waals surface area contributed by atoms with Crippen molar-refractivity contribution in [1.29, 1.82) is 0 Å². The molecule has 6 heteroatoms. The number of hydrogen-bond donors (Lipinski definition) is 1. The lowest BCUT2D eigenvalue weighted by Crippen LogP contribution is -2.25. The topological polar surface area (TPSA) is 56.1 Å². The molecule has 0 atom stereocenters. The molecule has 4 aromatic rings. The third-order valence-corrected chi connectivity index (χ3v) is 5.77. The SMILES string of the molecule is Cc1cccc(OCCCn2c(CCNC(=O)c3cccs3)nc3ccccc32)c1. The van der Waals surface area contributed by atoms with E-state index in [1.807, 2.05) is 53.9 Å². The van der Waals surface area contributed by atoms with Gasteiger partial charge in [-0.25, -0.2) is 4.98 Å². The van der Waals surface area contributed by atoms with Crippen molar-refractivity contribution >= 4 is 28.3 Å². The van der Waals surface area contributed by atoms with Gasteiger partial charge in [0.2, 0.25) is 0 Å². The van der Waals surface area contributed by atoms with Crippen molar-refractivity contribution in [2.75, 3.05) is 13.2 Å². The molecule has 2 aromatic carbocycles. The molecule has 0 radical (unpaired) electrons. The van der Waals surface area contributed by atoms with Crippen LogP contribution in [0.4, 0.5) is 0 Å². The van der Waals surface area contributed by atoms with Crippen molar-refractivity contribution in [1.82, 2.24) is 14.9 Å². The lowest BCUT2D eigenvalue weighted by atomic mass is 10.2. The first-order valence-corrected chi connectivity index (χ1v) is 11.0. The predicted molar refractivity (Wildman–Crippen MR) is 121 cm³/mol. The monoisotopic (exact) mass is 419 g/mol. The first kappa shape index (κ1) is 20.2. The van der Waals surface area contributed by atoms with Crippen LogP contribution >= 0.6 is 11.3 Å². The summed E-state index contributed by atoms with van der Waals surface area (Å²) in [7, 11) is 0. The molecule has 0 unspecified atom stereocenters. The fourth-order valence-corrected chi connectivity index (χ4v) is 4.11. The van der Waals surface area contributed by atoms with Gasteiger partial charge in [0, 0.05) is 19.5 Å². The van der Waals surface area contributed by atoms with Gasteiger partial charge in [0.1, 0.15) is 11.6 Å². The molecule has 0 fully saturated rings. The van der Waals surface area contributed by atoms with Crippen LogP contribution in [-0.4, -0.2) is 28.6 Å². The number of fused-ring (bicyclic) bond motifs is 1. The summed E-state index contributed by atoms with van der Waals surface area (Å²) in [6.45, 7) is 4.08. The number of nitrogens with zero attached hydrogens (tertiary/aromatic N) is 2. The average Bonchev–Trinajstić information content (AvgIpc) is 3.40. The van der Waals surface area contributed by atoms with E-state index in [-0.39, 0.29) is 5.91 Å². The van der Waals surface area contributed by atoms with E-state index >= 15 is 0 Å². The minimum atomic E-state index is -0.0285. The number of thiophene rings is 1. The predicted octanol–water partition coefficient (Wildman–Crippen LogP) is 4.85. The van der Waals surface area contributed by atoms with E-state index in [1.165, 1.54) is 16.9 Å². The van der Waals surface area contributed by atoms with E-state index in [0.717, 1.165) is 40.5 Å². The zero-order valence-corrected chi connectivity index (χ0v) is 17.8. The van der Waals surface area contributed by atoms with E-state index in [0.29, 0.717) is 19.6 Å². The van der Waals surface area contributed by atoms with Gasteiger partial charge in [-0.1, -0.05) is 30.3 Å². The molecule has 2 aromatic heterocycles. The molecule has 1 N–H and O–H groups in total. The normalized spacial score (nSPS) is 11.0. The number of carbonyl (C=O) groups is 1. The van der Waals surface area contributed by atoms with E-state index in [1.54, 1.807) is 0 Å². The number of para-hydroxylation sites is 2. The Morgan fingerprint density at radius 2 is 2.03 bits per heavy atom. The van der Waals surface area contributed by atoms with Crippen molar-refractivity contribution in [3.63, 3.8) is 0 Å². The maximum atomic E-state index is 12.2. The minimum absolute atomic E-state index is 0.0285. The van der Waals surface area contributed by atoms with E-state index in [4.69, 9.17) is 9.72 Å². The van der Waals surface area contributed by atoms with Crippen LogP contribution in [0.2, 0.25) is 0 Å². The molecule has 0 saturated carbocycles. The summed E-state index contributed by atoms with van der Waals surface area (Å²) in [6, 6.07) is 20.0. The Kier molecular flexibility index (Phi) is 6.44. The molecule has 4 rings (SSSR count). The Morgan fingerprint density at radius 1 is 1.13 bits per heavy atom. The van der Waals surface area contributed by atoms with E-state index < -0.39 is 0 Å². The summed E-state index contributed by atoms with van der Waals surface area (Å²) in [5.41, 5.74) is 3.30. The fraction of sp³-hybridized carbons (Fsp3) is 0.250. The largest absolute Gasteiger partial charge is 0.494 e. The zero-order valence-electron chi connectivity index (χ0n) is 17.0. The summed E-state index contributed by atoms with van der Waals surface area (Å²) >= 11 is 1.45. The van der Waals surface area contributed by atoms with Crippen LogP contribution in [0.3, 0.4) is 0 Å². The quantitative estimate of drug-likeness (QED) is 0.395. The third kappa shape index (κ3) is 4.89. The van der Waals surface area contributed by atoms with E-state index in [9.17, 15) is 4.79 Å². The molecular weight excluding hydrogens is 394 g/mol. The highest BCUT2D eigenvalue weighted by Gasteiger charge is 2.11. The highest BCUT2D eigenvalue weighted by atomic mass is 32.1. The van der Waals surface area contributed by atoms with Crippen LogP contribution in [0.5, 0.6) is 5.75 Å². The smallest absolute Gasteiger partial charge is 0.261 e. The molecule has 1 amide bonds. The molecule has 0 bridgehead atoms. The number of rotatable bonds is 9. The van der Waals surface area contributed by atoms with Gasteiger partial charge in [-0.05, 0) is 54.6 Å². The van der Waals surface area contributed by atoms with Crippen LogP contribution in [0.15, 0.2) is 66.0 Å². The highest BCUT2D eigenvalue weighted by molar-refractivity contribution is 7.12. The van der Waals surface area contributed by atoms with Gasteiger partial charge < -0.3 is 14.6 Å². The molecule has 154 valence electrons. The van der Waals surface area contributed by atoms with Crippen molar-refractivity contribution in [2.45, 2.75) is 26.3 Å². The second-order valence-corrected chi connectivity index (χ2v) is 8.12. The van der Waals surface area contributed by atoms with Crippen LogP contribution < -0.4 is 10.1 Å². The molecular formula is C24H25N3O2S. The summed E-state index contributed by atoms with van der Waals surface area (Å²) in [4.78, 5) is 17.7. The number of aryl methyl sites for hydroxylation is 2. The summed E-state index contributed by atoms with van der Waals surface area (Å²) < 4.78 is 8.14. The number of ether oxygens (including phenoxy) is 1. The number of imidazole rings is 1. The maximum absolute atomic E-state index is 12.2. The first-order valence-electron chi connectivity index (χ1n) is 10.2. The summed E-state index contributed by atoms with van der Waals surface area (Å²) in [6.07, 6.45) is 1.56. The Balaban J connectivity index is 1.38. The van der Waals surface area contributed by atoms with Gasteiger partial charge in [0.05, 0.1) is 22.5 Å². The van der Waals surface area contributed by atoms with E-state index in [2.05, 4.69) is 28.9 Å². The van der Waals surface area contributed by atoms with Crippen LogP contribution in [0, 0.1) is 6.92 Å². The highest BCUT2D eigenvalue weighted by Crippen LogP contribution is 2.18. The summed E-state index contributed by atoms with van der Waals surface area (Å²) in [5.74, 6) is 1.86. The molecule has 30 heavy (non-hydrogen) atoms. The molecule has 0 aliphatic carbocycles. The fourth-order valence-electron chi connectivity index (χ4n) is 3.47. The molecule has 0 spiro atoms. The number of nitrogens with one attached hydrogen (secondary N) is 1. The lowest BCUT2D eigenvalue weighted by molar-refractivity contribution is 0.0958. The number of hydrogen-bond acceptors (Lipinski definition) is 4. The van der Waals surface area contributed by atoms with Crippen molar-refractivity contribution in [2.24, 2.45) is 0 Å². The Hall–Kier alpha value is -3.12. The molecule has 2 heterocycles. The van der Waals surface area contributed by atoms with Crippen molar-refractivity contribution in [3.8, 4) is 5.75 Å². The maximum Gasteiger partial charge on any atom is 0.261 e. The van der Waals surface area contributed by atoms with Gasteiger partial charge in [-0.15, -0.1) is 11.3 Å². The molecule has 5 nitrogen and oxygen atoms in total. The standard InChI is InChI=1S/C24H25N3O2S/c1-18-7-4-8-19(17-18)29-15-6-14-27-21-10-3-2-9-20(21)26-23(27)12-13-25-24(28)22-11-5-16-30-22/h2-5,7-11,16-17H,6,12-15H2,1H3,(H,25,28). The minimum Gasteiger partial charge on any atom is -0.494 e. The lowest BCUT2D eigenvalue weighted by Gasteiger charge is -2.11. The summed E-state index contributed by atoms with van der Waals surface area (Å²) in [5, 5.41) is 4.90. The Morgan fingerprint density at radius 3 is 2.87 bits per heavy atom. The van der Waals surface area contributed by atoms with Crippen LogP contribution in [-0.2, 0) is 13.0 Å². The van der Waals surface area contributed by atoms with Gasteiger partial charge >= 0.3 is 0 Å². The average molecular weight is 420 g/mol. The molecule has 0 aliphatic heterocycles.